The van der Waals surface area contributed by atoms with Crippen LogP contribution in [0.3, 0.4) is 0 Å². The number of hydrogen-bond acceptors (Lipinski definition) is 4. The molecule has 0 bridgehead atoms. The van der Waals surface area contributed by atoms with Gasteiger partial charge in [0.2, 0.25) is 0 Å². The van der Waals surface area contributed by atoms with Crippen LogP contribution >= 0.6 is 39.9 Å². The summed E-state index contributed by atoms with van der Waals surface area (Å²) in [4.78, 5) is 16.5. The maximum atomic E-state index is 13.9. The second kappa shape index (κ2) is 7.68. The smallest absolute Gasteiger partial charge is 0.266 e. The second-order valence-electron chi connectivity index (χ2n) is 5.16. The van der Waals surface area contributed by atoms with Crippen molar-refractivity contribution in [1.29, 1.82) is 0 Å². The number of rotatable bonds is 5. The van der Waals surface area contributed by atoms with Crippen molar-refractivity contribution in [2.24, 2.45) is 0 Å². The quantitative estimate of drug-likeness (QED) is 0.552. The number of carbonyl (C=O) groups excluding carboxylic acids is 1. The average molecular weight is 403 g/mol. The Labute approximate surface area is 147 Å². The van der Waals surface area contributed by atoms with E-state index >= 15 is 0 Å². The van der Waals surface area contributed by atoms with Crippen molar-refractivity contribution in [3.8, 4) is 0 Å². The molecule has 0 atom stereocenters. The molecule has 0 aromatic heterocycles. The fourth-order valence-electron chi connectivity index (χ4n) is 2.00. The van der Waals surface area contributed by atoms with Crippen molar-refractivity contribution in [2.45, 2.75) is 6.42 Å². The minimum atomic E-state index is -0.368. The molecule has 1 aliphatic heterocycles. The lowest BCUT2D eigenvalue weighted by molar-refractivity contribution is -0.122. The van der Waals surface area contributed by atoms with E-state index in [1.54, 1.807) is 23.1 Å². The van der Waals surface area contributed by atoms with Crippen LogP contribution in [0.15, 0.2) is 27.6 Å². The van der Waals surface area contributed by atoms with Gasteiger partial charge in [0.1, 0.15) is 10.1 Å². The van der Waals surface area contributed by atoms with Gasteiger partial charge in [-0.3, -0.25) is 9.69 Å². The van der Waals surface area contributed by atoms with E-state index in [1.165, 1.54) is 17.8 Å². The first kappa shape index (κ1) is 17.6. The Bertz CT molecular complexity index is 634. The summed E-state index contributed by atoms with van der Waals surface area (Å²) < 4.78 is 15.1. The van der Waals surface area contributed by atoms with Crippen molar-refractivity contribution in [1.82, 2.24) is 9.80 Å². The zero-order valence-electron chi connectivity index (χ0n) is 12.3. The first-order valence-electron chi connectivity index (χ1n) is 6.73. The van der Waals surface area contributed by atoms with Gasteiger partial charge >= 0.3 is 0 Å². The molecule has 1 heterocycles. The van der Waals surface area contributed by atoms with Crippen LogP contribution in [0.4, 0.5) is 4.39 Å². The number of benzene rings is 1. The van der Waals surface area contributed by atoms with Crippen molar-refractivity contribution in [3.63, 3.8) is 0 Å². The number of nitrogens with zero attached hydrogens (tertiary/aromatic N) is 2. The molecule has 1 saturated heterocycles. The van der Waals surface area contributed by atoms with Crippen LogP contribution in [-0.2, 0) is 4.79 Å². The molecule has 1 aromatic rings. The highest BCUT2D eigenvalue weighted by atomic mass is 79.9. The molecule has 118 valence electrons. The number of amides is 1. The minimum absolute atomic E-state index is 0.143. The number of hydrogen-bond donors (Lipinski definition) is 0. The zero-order valence-corrected chi connectivity index (χ0v) is 15.5. The molecule has 1 aromatic carbocycles. The maximum absolute atomic E-state index is 13.9. The predicted octanol–water partition coefficient (Wildman–Crippen LogP) is 3.74. The molecule has 1 aliphatic rings. The van der Waals surface area contributed by atoms with Crippen LogP contribution in [0.25, 0.3) is 6.08 Å². The van der Waals surface area contributed by atoms with E-state index in [9.17, 15) is 9.18 Å². The van der Waals surface area contributed by atoms with Crippen LogP contribution in [0.5, 0.6) is 0 Å². The van der Waals surface area contributed by atoms with E-state index in [2.05, 4.69) is 20.8 Å². The second-order valence-corrected chi connectivity index (χ2v) is 7.75. The molecule has 22 heavy (non-hydrogen) atoms. The lowest BCUT2D eigenvalue weighted by atomic mass is 10.2. The molecule has 0 radical (unpaired) electrons. The van der Waals surface area contributed by atoms with Gasteiger partial charge in [-0.25, -0.2) is 4.39 Å². The molecule has 0 N–H and O–H groups in total. The molecular weight excluding hydrogens is 387 g/mol. The zero-order chi connectivity index (χ0) is 16.3. The van der Waals surface area contributed by atoms with Crippen molar-refractivity contribution < 1.29 is 9.18 Å². The van der Waals surface area contributed by atoms with E-state index in [1.807, 2.05) is 14.1 Å². The first-order valence-corrected chi connectivity index (χ1v) is 8.75. The predicted molar refractivity (Wildman–Crippen MR) is 97.2 cm³/mol. The van der Waals surface area contributed by atoms with Gasteiger partial charge in [0.15, 0.2) is 0 Å². The van der Waals surface area contributed by atoms with Gasteiger partial charge in [-0.05, 0) is 45.3 Å². The molecular formula is C15H16BrFN2OS2. The molecule has 2 rings (SSSR count). The van der Waals surface area contributed by atoms with E-state index in [-0.39, 0.29) is 11.7 Å². The lowest BCUT2D eigenvalue weighted by Gasteiger charge is -2.16. The molecule has 0 aliphatic carbocycles. The molecule has 1 fully saturated rings. The Hall–Kier alpha value is -0.760. The normalized spacial score (nSPS) is 17.1. The largest absolute Gasteiger partial charge is 0.309 e. The van der Waals surface area contributed by atoms with E-state index in [4.69, 9.17) is 12.2 Å². The molecule has 3 nitrogen and oxygen atoms in total. The van der Waals surface area contributed by atoms with Crippen molar-refractivity contribution in [3.05, 3.63) is 39.0 Å². The van der Waals surface area contributed by atoms with E-state index < -0.39 is 0 Å². The highest BCUT2D eigenvalue weighted by Crippen LogP contribution is 2.33. The number of halogens is 2. The Kier molecular flexibility index (Phi) is 6.14. The standard InChI is InChI=1S/C15H16BrFN2OS2/c1-18(2)6-3-7-19-14(20)13(22-15(19)21)8-10-4-5-11(16)9-12(10)17/h4-5,8-9H,3,6-7H2,1-2H3/b13-8-. The molecule has 0 spiro atoms. The Morgan fingerprint density at radius 3 is 2.82 bits per heavy atom. The first-order chi connectivity index (χ1) is 10.4. The maximum Gasteiger partial charge on any atom is 0.266 e. The average Bonchev–Trinajstić information content (AvgIpc) is 2.69. The van der Waals surface area contributed by atoms with Crippen molar-refractivity contribution >= 4 is 56.2 Å². The fourth-order valence-corrected chi connectivity index (χ4v) is 3.63. The summed E-state index contributed by atoms with van der Waals surface area (Å²) in [5.74, 6) is -0.511. The van der Waals surface area contributed by atoms with E-state index in [0.29, 0.717) is 25.8 Å². The third-order valence-electron chi connectivity index (χ3n) is 3.11. The van der Waals surface area contributed by atoms with Gasteiger partial charge in [0.05, 0.1) is 4.91 Å². The topological polar surface area (TPSA) is 23.6 Å². The highest BCUT2D eigenvalue weighted by Gasteiger charge is 2.31. The van der Waals surface area contributed by atoms with E-state index in [0.717, 1.165) is 13.0 Å². The summed E-state index contributed by atoms with van der Waals surface area (Å²) >= 11 is 9.70. The number of carbonyl (C=O) groups is 1. The van der Waals surface area contributed by atoms with Crippen molar-refractivity contribution in [2.75, 3.05) is 27.2 Å². The molecule has 0 saturated carbocycles. The van der Waals surface area contributed by atoms with Gasteiger partial charge in [-0.15, -0.1) is 0 Å². The molecule has 1 amide bonds. The van der Waals surface area contributed by atoms with Gasteiger partial charge in [-0.1, -0.05) is 46.0 Å². The summed E-state index contributed by atoms with van der Waals surface area (Å²) in [6.07, 6.45) is 2.41. The van der Waals surface area contributed by atoms with Crippen LogP contribution in [0, 0.1) is 5.82 Å². The van der Waals surface area contributed by atoms with Gasteiger partial charge in [0, 0.05) is 16.6 Å². The third kappa shape index (κ3) is 4.38. The summed E-state index contributed by atoms with van der Waals surface area (Å²) in [5, 5.41) is 0. The van der Waals surface area contributed by atoms with Gasteiger partial charge in [-0.2, -0.15) is 0 Å². The van der Waals surface area contributed by atoms with Gasteiger partial charge in [0.25, 0.3) is 5.91 Å². The van der Waals surface area contributed by atoms with Crippen LogP contribution in [-0.4, -0.2) is 47.2 Å². The molecule has 0 unspecified atom stereocenters. The lowest BCUT2D eigenvalue weighted by Crippen LogP contribution is -2.30. The number of thioether (sulfide) groups is 1. The Morgan fingerprint density at radius 1 is 1.45 bits per heavy atom. The summed E-state index contributed by atoms with van der Waals surface area (Å²) in [6.45, 7) is 1.47. The fraction of sp³-hybridized carbons (Fsp3) is 0.333. The third-order valence-corrected chi connectivity index (χ3v) is 4.98. The monoisotopic (exact) mass is 402 g/mol. The van der Waals surface area contributed by atoms with Crippen LogP contribution in [0.2, 0.25) is 0 Å². The number of thiocarbonyl (C=S) groups is 1. The summed E-state index contributed by atoms with van der Waals surface area (Å²) in [6, 6.07) is 4.76. The molecule has 7 heteroatoms. The SMILES string of the molecule is CN(C)CCCN1C(=O)/C(=C/c2ccc(Br)cc2F)SC1=S. The van der Waals surface area contributed by atoms with Crippen LogP contribution < -0.4 is 0 Å². The van der Waals surface area contributed by atoms with Gasteiger partial charge < -0.3 is 4.90 Å². The summed E-state index contributed by atoms with van der Waals surface area (Å²) in [7, 11) is 3.97. The Morgan fingerprint density at radius 2 is 2.18 bits per heavy atom. The minimum Gasteiger partial charge on any atom is -0.309 e. The van der Waals surface area contributed by atoms with Crippen LogP contribution in [0.1, 0.15) is 12.0 Å². The summed E-state index contributed by atoms with van der Waals surface area (Å²) in [5.41, 5.74) is 0.386. The Balaban J connectivity index is 2.11. The highest BCUT2D eigenvalue weighted by molar-refractivity contribution is 9.10.